The number of nitriles is 1. The maximum Gasteiger partial charge on any atom is 0.219 e. The summed E-state index contributed by atoms with van der Waals surface area (Å²) in [6.45, 7) is 6.45. The molecule has 4 nitrogen and oxygen atoms in total. The Labute approximate surface area is 205 Å². The van der Waals surface area contributed by atoms with E-state index >= 15 is 0 Å². The quantitative estimate of drug-likeness (QED) is 0.352. The van der Waals surface area contributed by atoms with Gasteiger partial charge in [0.15, 0.2) is 4.91 Å². The summed E-state index contributed by atoms with van der Waals surface area (Å²) in [6.07, 6.45) is 0. The van der Waals surface area contributed by atoms with Crippen molar-refractivity contribution in [3.63, 3.8) is 0 Å². The van der Waals surface area contributed by atoms with Crippen LogP contribution in [0.15, 0.2) is 93.7 Å². The third kappa shape index (κ3) is 6.20. The number of hydrogen-bond acceptors (Lipinski definition) is 5. The highest BCUT2D eigenvalue weighted by Crippen LogP contribution is 2.33. The molecule has 3 aromatic carbocycles. The minimum atomic E-state index is -4.02. The molecular formula is C26H25ClN2O2S2. The first-order valence-corrected chi connectivity index (χ1v) is 13.2. The number of thioether (sulfide) groups is 1. The number of benzene rings is 3. The Bertz CT molecular complexity index is 1290. The van der Waals surface area contributed by atoms with Gasteiger partial charge in [0.1, 0.15) is 11.1 Å². The Morgan fingerprint density at radius 2 is 1.58 bits per heavy atom. The Kier molecular flexibility index (Phi) is 7.91. The lowest BCUT2D eigenvalue weighted by Crippen LogP contribution is -2.11. The summed E-state index contributed by atoms with van der Waals surface area (Å²) in [7, 11) is -4.02. The minimum Gasteiger partial charge on any atom is -0.347 e. The zero-order valence-electron chi connectivity index (χ0n) is 18.7. The summed E-state index contributed by atoms with van der Waals surface area (Å²) in [4.78, 5) is -0.278. The minimum absolute atomic E-state index is 0.0418. The molecule has 1 N–H and O–H groups in total. The number of sulfone groups is 1. The van der Waals surface area contributed by atoms with Crippen molar-refractivity contribution in [1.29, 1.82) is 5.26 Å². The third-order valence-corrected chi connectivity index (χ3v) is 8.21. The summed E-state index contributed by atoms with van der Waals surface area (Å²) >= 11 is 7.55. The molecule has 3 aromatic rings. The van der Waals surface area contributed by atoms with Crippen molar-refractivity contribution in [3.05, 3.63) is 105 Å². The van der Waals surface area contributed by atoms with Gasteiger partial charge in [-0.25, -0.2) is 8.42 Å². The second-order valence-corrected chi connectivity index (χ2v) is 11.7. The van der Waals surface area contributed by atoms with Crippen LogP contribution in [0, 0.1) is 11.3 Å². The van der Waals surface area contributed by atoms with Crippen molar-refractivity contribution in [2.75, 3.05) is 5.32 Å². The Morgan fingerprint density at radius 1 is 0.970 bits per heavy atom. The first-order chi connectivity index (χ1) is 15.6. The van der Waals surface area contributed by atoms with Crippen LogP contribution in [0.5, 0.6) is 0 Å². The van der Waals surface area contributed by atoms with Gasteiger partial charge in [-0.1, -0.05) is 87.0 Å². The van der Waals surface area contributed by atoms with Gasteiger partial charge in [0.25, 0.3) is 0 Å². The van der Waals surface area contributed by atoms with Crippen LogP contribution in [0.1, 0.15) is 31.9 Å². The topological polar surface area (TPSA) is 70.0 Å². The predicted molar refractivity (Wildman–Crippen MR) is 138 cm³/mol. The molecule has 0 atom stereocenters. The predicted octanol–water partition coefficient (Wildman–Crippen LogP) is 7.15. The van der Waals surface area contributed by atoms with Gasteiger partial charge in [0.2, 0.25) is 9.84 Å². The normalized spacial score (nSPS) is 12.6. The second kappa shape index (κ2) is 10.5. The highest BCUT2D eigenvalue weighted by molar-refractivity contribution is 8.04. The Balaban J connectivity index is 2.00. The number of anilines is 1. The summed E-state index contributed by atoms with van der Waals surface area (Å²) in [5.41, 5.74) is 2.80. The maximum absolute atomic E-state index is 13.3. The zero-order chi connectivity index (χ0) is 24.1. The van der Waals surface area contributed by atoms with E-state index in [0.717, 1.165) is 5.56 Å². The molecule has 3 rings (SSSR count). The molecule has 0 aromatic heterocycles. The van der Waals surface area contributed by atoms with E-state index in [0.29, 0.717) is 16.5 Å². The van der Waals surface area contributed by atoms with E-state index in [1.807, 2.05) is 18.2 Å². The summed E-state index contributed by atoms with van der Waals surface area (Å²) < 4.78 is 26.6. The number of halogens is 1. The van der Waals surface area contributed by atoms with Gasteiger partial charge in [-0.2, -0.15) is 5.26 Å². The van der Waals surface area contributed by atoms with Crippen molar-refractivity contribution in [3.8, 4) is 6.07 Å². The first-order valence-electron chi connectivity index (χ1n) is 10.3. The van der Waals surface area contributed by atoms with E-state index < -0.39 is 9.84 Å². The van der Waals surface area contributed by atoms with Crippen molar-refractivity contribution in [2.24, 2.45) is 0 Å². The smallest absolute Gasteiger partial charge is 0.219 e. The number of allylic oxidation sites excluding steroid dienone is 1. The van der Waals surface area contributed by atoms with Crippen LogP contribution in [0.25, 0.3) is 0 Å². The summed E-state index contributed by atoms with van der Waals surface area (Å²) in [5.74, 6) is 0.479. The molecule has 33 heavy (non-hydrogen) atoms. The fourth-order valence-corrected chi connectivity index (χ4v) is 5.77. The van der Waals surface area contributed by atoms with Crippen molar-refractivity contribution in [2.45, 2.75) is 36.8 Å². The lowest BCUT2D eigenvalue weighted by molar-refractivity contribution is 0.590. The highest BCUT2D eigenvalue weighted by atomic mass is 35.5. The van der Waals surface area contributed by atoms with Gasteiger partial charge in [0, 0.05) is 5.75 Å². The number of hydrogen-bond donors (Lipinski definition) is 1. The SMILES string of the molecule is CC(C)(C)c1ccc(CS/C(Nc2ccccc2Cl)=C(\C#N)S(=O)(=O)c2ccccc2)cc1. The van der Waals surface area contributed by atoms with E-state index in [9.17, 15) is 13.7 Å². The van der Waals surface area contributed by atoms with Crippen LogP contribution in [-0.2, 0) is 21.0 Å². The largest absolute Gasteiger partial charge is 0.347 e. The summed E-state index contributed by atoms with van der Waals surface area (Å²) in [6, 6.07) is 25.1. The molecule has 0 heterocycles. The molecule has 0 spiro atoms. The number of para-hydroxylation sites is 1. The summed E-state index contributed by atoms with van der Waals surface area (Å²) in [5, 5.41) is 13.6. The van der Waals surface area contributed by atoms with Gasteiger partial charge in [-0.05, 0) is 40.8 Å². The van der Waals surface area contributed by atoms with Crippen LogP contribution in [0.4, 0.5) is 5.69 Å². The molecule has 170 valence electrons. The monoisotopic (exact) mass is 496 g/mol. The lowest BCUT2D eigenvalue weighted by atomic mass is 9.87. The van der Waals surface area contributed by atoms with E-state index in [4.69, 9.17) is 11.6 Å². The molecule has 0 fully saturated rings. The second-order valence-electron chi connectivity index (χ2n) is 8.43. The zero-order valence-corrected chi connectivity index (χ0v) is 21.1. The Morgan fingerprint density at radius 3 is 2.15 bits per heavy atom. The number of rotatable bonds is 7. The van der Waals surface area contributed by atoms with Crippen LogP contribution >= 0.6 is 23.4 Å². The highest BCUT2D eigenvalue weighted by Gasteiger charge is 2.26. The molecule has 0 amide bonds. The standard InChI is InChI=1S/C26H25ClN2O2S2/c1-26(2,3)20-15-13-19(14-16-20)18-32-25(29-23-12-8-7-11-22(23)27)24(17-28)33(30,31)21-9-5-4-6-10-21/h4-16,29H,18H2,1-3H3/b25-24+. The van der Waals surface area contributed by atoms with Gasteiger partial charge in [-0.3, -0.25) is 0 Å². The van der Waals surface area contributed by atoms with Crippen LogP contribution < -0.4 is 5.32 Å². The lowest BCUT2D eigenvalue weighted by Gasteiger charge is -2.19. The van der Waals surface area contributed by atoms with Crippen LogP contribution in [0.2, 0.25) is 5.02 Å². The molecule has 0 saturated carbocycles. The molecule has 0 unspecified atom stereocenters. The third-order valence-electron chi connectivity index (χ3n) is 4.96. The molecule has 0 saturated heterocycles. The van der Waals surface area contributed by atoms with Gasteiger partial charge >= 0.3 is 0 Å². The van der Waals surface area contributed by atoms with Crippen LogP contribution in [-0.4, -0.2) is 8.42 Å². The molecule has 7 heteroatoms. The first kappa shape index (κ1) is 24.9. The van der Waals surface area contributed by atoms with E-state index in [1.54, 1.807) is 42.5 Å². The molecular weight excluding hydrogens is 472 g/mol. The van der Waals surface area contributed by atoms with Gasteiger partial charge in [-0.15, -0.1) is 11.8 Å². The van der Waals surface area contributed by atoms with Crippen molar-refractivity contribution in [1.82, 2.24) is 0 Å². The Hall–Kier alpha value is -2.72. The molecule has 0 aliphatic heterocycles. The fraction of sp³-hybridized carbons (Fsp3) is 0.192. The van der Waals surface area contributed by atoms with Crippen molar-refractivity contribution < 1.29 is 8.42 Å². The van der Waals surface area contributed by atoms with Crippen LogP contribution in [0.3, 0.4) is 0 Å². The molecule has 0 bridgehead atoms. The molecule has 0 aliphatic rings. The maximum atomic E-state index is 13.3. The molecule has 0 aliphatic carbocycles. The van der Waals surface area contributed by atoms with Gasteiger partial charge in [0.05, 0.1) is 15.6 Å². The molecule has 0 radical (unpaired) electrons. The average molecular weight is 497 g/mol. The van der Waals surface area contributed by atoms with E-state index in [-0.39, 0.29) is 20.2 Å². The van der Waals surface area contributed by atoms with E-state index in [1.165, 1.54) is 29.5 Å². The number of nitrogens with one attached hydrogen (secondary N) is 1. The van der Waals surface area contributed by atoms with Gasteiger partial charge < -0.3 is 5.32 Å². The van der Waals surface area contributed by atoms with E-state index in [2.05, 4.69) is 38.2 Å². The van der Waals surface area contributed by atoms with Crippen molar-refractivity contribution >= 4 is 38.9 Å². The number of nitrogens with zero attached hydrogens (tertiary/aromatic N) is 1. The average Bonchev–Trinajstić information content (AvgIpc) is 2.79. The fourth-order valence-electron chi connectivity index (χ4n) is 3.05.